The number of rotatable bonds is 5. The number of fused-ring (bicyclic) bond motifs is 1. The maximum atomic E-state index is 13.1. The minimum absolute atomic E-state index is 0.359. The molecule has 2 aromatic carbocycles. The summed E-state index contributed by atoms with van der Waals surface area (Å²) in [7, 11) is -1.86. The lowest BCUT2D eigenvalue weighted by Gasteiger charge is -2.16. The summed E-state index contributed by atoms with van der Waals surface area (Å²) in [5.41, 5.74) is 2.73. The van der Waals surface area contributed by atoms with Crippen LogP contribution in [0.1, 0.15) is 29.7 Å². The van der Waals surface area contributed by atoms with E-state index in [0.29, 0.717) is 17.1 Å². The lowest BCUT2D eigenvalue weighted by atomic mass is 10.1. The number of hydrogen-bond donors (Lipinski definition) is 1. The fraction of sp³-hybridized carbons (Fsp3) is 0.263. The zero-order valence-corrected chi connectivity index (χ0v) is 14.9. The molecule has 0 saturated heterocycles. The molecule has 1 heterocycles. The van der Waals surface area contributed by atoms with Crippen LogP contribution in [0.4, 0.5) is 0 Å². The first-order valence-electron chi connectivity index (χ1n) is 7.93. The van der Waals surface area contributed by atoms with Crippen molar-refractivity contribution in [2.24, 2.45) is 0 Å². The summed E-state index contributed by atoms with van der Waals surface area (Å²) in [6.07, 6.45) is 2.30. The number of sulfone groups is 1. The SMILES string of the molecule is CCC(c1c[nH]c2ccc(OC)cc12)S(=O)(=O)c1ccc(C)cc1. The summed E-state index contributed by atoms with van der Waals surface area (Å²) < 4.78 is 31.5. The van der Waals surface area contributed by atoms with Gasteiger partial charge in [-0.05, 0) is 49.2 Å². The maximum Gasteiger partial charge on any atom is 0.185 e. The number of methoxy groups -OCH3 is 1. The highest BCUT2D eigenvalue weighted by atomic mass is 32.2. The Labute approximate surface area is 142 Å². The number of aromatic nitrogens is 1. The first-order chi connectivity index (χ1) is 11.5. The van der Waals surface area contributed by atoms with Crippen LogP contribution in [0.2, 0.25) is 0 Å². The van der Waals surface area contributed by atoms with Crippen LogP contribution < -0.4 is 4.74 Å². The second-order valence-corrected chi connectivity index (χ2v) is 8.04. The minimum Gasteiger partial charge on any atom is -0.497 e. The van der Waals surface area contributed by atoms with Gasteiger partial charge in [0.05, 0.1) is 17.3 Å². The van der Waals surface area contributed by atoms with Crippen molar-refractivity contribution in [3.8, 4) is 5.75 Å². The standard InChI is InChI=1S/C19H21NO3S/c1-4-19(24(21,22)15-8-5-13(2)6-9-15)17-12-20-18-10-7-14(23-3)11-16(17)18/h5-12,19-20H,4H2,1-3H3. The second kappa shape index (κ2) is 6.32. The van der Waals surface area contributed by atoms with E-state index in [1.807, 2.05) is 44.2 Å². The van der Waals surface area contributed by atoms with E-state index in [-0.39, 0.29) is 0 Å². The van der Waals surface area contributed by atoms with Gasteiger partial charge in [-0.1, -0.05) is 24.6 Å². The van der Waals surface area contributed by atoms with Gasteiger partial charge < -0.3 is 9.72 Å². The zero-order chi connectivity index (χ0) is 17.3. The molecule has 126 valence electrons. The van der Waals surface area contributed by atoms with Gasteiger partial charge in [0.25, 0.3) is 0 Å². The molecular formula is C19H21NO3S. The van der Waals surface area contributed by atoms with E-state index in [1.165, 1.54) is 0 Å². The number of benzene rings is 2. The van der Waals surface area contributed by atoms with E-state index < -0.39 is 15.1 Å². The van der Waals surface area contributed by atoms with Crippen LogP contribution in [0.25, 0.3) is 10.9 Å². The van der Waals surface area contributed by atoms with Crippen LogP contribution in [-0.2, 0) is 9.84 Å². The summed E-state index contributed by atoms with van der Waals surface area (Å²) in [6, 6.07) is 12.7. The van der Waals surface area contributed by atoms with Crippen molar-refractivity contribution in [2.45, 2.75) is 30.4 Å². The Morgan fingerprint density at radius 2 is 1.83 bits per heavy atom. The smallest absolute Gasteiger partial charge is 0.185 e. The predicted molar refractivity (Wildman–Crippen MR) is 96.2 cm³/mol. The summed E-state index contributed by atoms with van der Waals surface area (Å²) in [5.74, 6) is 0.714. The Morgan fingerprint density at radius 3 is 2.46 bits per heavy atom. The fourth-order valence-electron chi connectivity index (χ4n) is 3.01. The Hall–Kier alpha value is -2.27. The summed E-state index contributed by atoms with van der Waals surface area (Å²) in [6.45, 7) is 3.84. The molecule has 3 rings (SSSR count). The van der Waals surface area contributed by atoms with Gasteiger partial charge in [0.1, 0.15) is 5.75 Å². The maximum absolute atomic E-state index is 13.1. The third kappa shape index (κ3) is 2.80. The third-order valence-corrected chi connectivity index (χ3v) is 6.63. The largest absolute Gasteiger partial charge is 0.497 e. The molecule has 1 aromatic heterocycles. The van der Waals surface area contributed by atoms with E-state index in [2.05, 4.69) is 4.98 Å². The highest BCUT2D eigenvalue weighted by Crippen LogP contribution is 2.36. The van der Waals surface area contributed by atoms with Crippen molar-refractivity contribution >= 4 is 20.7 Å². The molecule has 4 nitrogen and oxygen atoms in total. The van der Waals surface area contributed by atoms with Gasteiger partial charge in [-0.3, -0.25) is 0 Å². The molecule has 3 aromatic rings. The Balaban J connectivity index is 2.13. The topological polar surface area (TPSA) is 59.2 Å². The van der Waals surface area contributed by atoms with Crippen molar-refractivity contribution < 1.29 is 13.2 Å². The quantitative estimate of drug-likeness (QED) is 0.746. The van der Waals surface area contributed by atoms with E-state index in [9.17, 15) is 8.42 Å². The number of aryl methyl sites for hydroxylation is 1. The number of aromatic amines is 1. The predicted octanol–water partition coefficient (Wildman–Crippen LogP) is 4.41. The molecule has 0 aliphatic heterocycles. The van der Waals surface area contributed by atoms with Crippen LogP contribution in [-0.4, -0.2) is 20.5 Å². The van der Waals surface area contributed by atoms with Gasteiger partial charge in [0, 0.05) is 17.1 Å². The molecule has 0 saturated carbocycles. The van der Waals surface area contributed by atoms with Crippen molar-refractivity contribution in [1.82, 2.24) is 4.98 Å². The van der Waals surface area contributed by atoms with E-state index in [4.69, 9.17) is 4.74 Å². The molecule has 1 atom stereocenters. The Kier molecular flexibility index (Phi) is 4.37. The normalized spacial score (nSPS) is 13.1. The summed E-state index contributed by atoms with van der Waals surface area (Å²) >= 11 is 0. The first-order valence-corrected chi connectivity index (χ1v) is 9.47. The molecule has 5 heteroatoms. The van der Waals surface area contributed by atoms with Gasteiger partial charge >= 0.3 is 0 Å². The first kappa shape index (κ1) is 16.6. The van der Waals surface area contributed by atoms with Crippen LogP contribution in [0, 0.1) is 6.92 Å². The van der Waals surface area contributed by atoms with Crippen LogP contribution >= 0.6 is 0 Å². The number of ether oxygens (including phenoxy) is 1. The van der Waals surface area contributed by atoms with Gasteiger partial charge in [0.2, 0.25) is 0 Å². The monoisotopic (exact) mass is 343 g/mol. The molecular weight excluding hydrogens is 322 g/mol. The molecule has 0 amide bonds. The van der Waals surface area contributed by atoms with Crippen molar-refractivity contribution in [3.63, 3.8) is 0 Å². The van der Waals surface area contributed by atoms with Gasteiger partial charge in [-0.2, -0.15) is 0 Å². The zero-order valence-electron chi connectivity index (χ0n) is 14.0. The van der Waals surface area contributed by atoms with Gasteiger partial charge in [-0.25, -0.2) is 8.42 Å². The Morgan fingerprint density at radius 1 is 1.12 bits per heavy atom. The number of hydrogen-bond acceptors (Lipinski definition) is 3. The third-order valence-electron chi connectivity index (χ3n) is 4.36. The van der Waals surface area contributed by atoms with Crippen molar-refractivity contribution in [3.05, 3.63) is 59.8 Å². The van der Waals surface area contributed by atoms with Crippen LogP contribution in [0.3, 0.4) is 0 Å². The average Bonchev–Trinajstić information content (AvgIpc) is 2.98. The number of nitrogens with one attached hydrogen (secondary N) is 1. The molecule has 0 aliphatic rings. The molecule has 0 fully saturated rings. The van der Waals surface area contributed by atoms with E-state index in [0.717, 1.165) is 22.0 Å². The molecule has 24 heavy (non-hydrogen) atoms. The minimum atomic E-state index is -3.46. The molecule has 1 N–H and O–H groups in total. The van der Waals surface area contributed by atoms with Crippen molar-refractivity contribution in [1.29, 1.82) is 0 Å². The highest BCUT2D eigenvalue weighted by Gasteiger charge is 2.29. The lowest BCUT2D eigenvalue weighted by Crippen LogP contribution is -2.13. The average molecular weight is 343 g/mol. The van der Waals surface area contributed by atoms with E-state index in [1.54, 1.807) is 25.4 Å². The van der Waals surface area contributed by atoms with E-state index >= 15 is 0 Å². The second-order valence-electron chi connectivity index (χ2n) is 5.91. The Bertz CT molecular complexity index is 956. The van der Waals surface area contributed by atoms with Crippen molar-refractivity contribution in [2.75, 3.05) is 7.11 Å². The fourth-order valence-corrected chi connectivity index (χ4v) is 4.83. The summed E-state index contributed by atoms with van der Waals surface area (Å²) in [4.78, 5) is 3.53. The molecule has 0 bridgehead atoms. The molecule has 0 aliphatic carbocycles. The molecule has 1 unspecified atom stereocenters. The van der Waals surface area contributed by atoms with Gasteiger partial charge in [0.15, 0.2) is 9.84 Å². The summed E-state index contributed by atoms with van der Waals surface area (Å²) in [5, 5.41) is 0.290. The van der Waals surface area contributed by atoms with Gasteiger partial charge in [-0.15, -0.1) is 0 Å². The number of H-pyrrole nitrogens is 1. The highest BCUT2D eigenvalue weighted by molar-refractivity contribution is 7.91. The van der Waals surface area contributed by atoms with Crippen LogP contribution in [0.15, 0.2) is 53.6 Å². The molecule has 0 spiro atoms. The van der Waals surface area contributed by atoms with Crippen LogP contribution in [0.5, 0.6) is 5.75 Å². The lowest BCUT2D eigenvalue weighted by molar-refractivity contribution is 0.415. The molecule has 0 radical (unpaired) electrons.